The Morgan fingerprint density at radius 1 is 1.50 bits per heavy atom. The van der Waals surface area contributed by atoms with E-state index < -0.39 is 4.92 Å². The van der Waals surface area contributed by atoms with E-state index in [1.165, 1.54) is 6.92 Å². The zero-order valence-corrected chi connectivity index (χ0v) is 11.8. The summed E-state index contributed by atoms with van der Waals surface area (Å²) >= 11 is 5.75. The van der Waals surface area contributed by atoms with Crippen molar-refractivity contribution in [3.05, 3.63) is 21.1 Å². The molecule has 20 heavy (non-hydrogen) atoms. The number of likely N-dealkylation sites (tertiary alicyclic amines) is 1. The van der Waals surface area contributed by atoms with E-state index in [2.05, 4.69) is 15.3 Å². The highest BCUT2D eigenvalue weighted by Gasteiger charge is 2.27. The first-order valence-corrected chi connectivity index (χ1v) is 6.45. The van der Waals surface area contributed by atoms with Gasteiger partial charge in [0.05, 0.1) is 4.92 Å². The zero-order valence-electron chi connectivity index (χ0n) is 11.1. The molecule has 1 aromatic heterocycles. The summed E-state index contributed by atoms with van der Waals surface area (Å²) in [6.45, 7) is 1.98. The van der Waals surface area contributed by atoms with Gasteiger partial charge in [0, 0.05) is 26.1 Å². The number of hydrogen-bond acceptors (Lipinski definition) is 6. The van der Waals surface area contributed by atoms with Gasteiger partial charge in [-0.3, -0.25) is 14.9 Å². The molecule has 0 saturated carbocycles. The van der Waals surface area contributed by atoms with Crippen molar-refractivity contribution >= 4 is 29.0 Å². The molecule has 0 bridgehead atoms. The third-order valence-corrected chi connectivity index (χ3v) is 3.35. The van der Waals surface area contributed by atoms with Crippen LogP contribution in [-0.4, -0.2) is 45.3 Å². The molecule has 9 heteroatoms. The molecule has 1 fully saturated rings. The van der Waals surface area contributed by atoms with Crippen molar-refractivity contribution in [3.8, 4) is 0 Å². The van der Waals surface area contributed by atoms with Crippen LogP contribution in [0.4, 0.5) is 11.5 Å². The number of halogens is 1. The maximum absolute atomic E-state index is 11.4. The minimum atomic E-state index is -0.536. The van der Waals surface area contributed by atoms with Gasteiger partial charge in [0.15, 0.2) is 0 Å². The number of anilines is 1. The monoisotopic (exact) mass is 299 g/mol. The number of amides is 1. The first-order chi connectivity index (χ1) is 9.38. The molecule has 1 unspecified atom stereocenters. The highest BCUT2D eigenvalue weighted by atomic mass is 35.5. The van der Waals surface area contributed by atoms with Gasteiger partial charge in [-0.25, -0.2) is 4.98 Å². The lowest BCUT2D eigenvalue weighted by Gasteiger charge is -2.30. The number of aryl methyl sites for hydroxylation is 1. The molecule has 1 aliphatic heterocycles. The third kappa shape index (κ3) is 2.96. The summed E-state index contributed by atoms with van der Waals surface area (Å²) in [5.74, 6) is 0.162. The van der Waals surface area contributed by atoms with Crippen LogP contribution < -0.4 is 5.32 Å². The molecule has 0 aromatic carbocycles. The minimum absolute atomic E-state index is 0.0455. The SMILES string of the molecule is Cc1nc(Cl)nc(NC2CCC(=O)N(C)C2)c1[N+](=O)[O-]. The molecule has 0 spiro atoms. The Labute approximate surface area is 120 Å². The molecule has 2 heterocycles. The smallest absolute Gasteiger partial charge is 0.332 e. The summed E-state index contributed by atoms with van der Waals surface area (Å²) in [4.78, 5) is 31.2. The molecular formula is C11H14ClN5O3. The Hall–Kier alpha value is -1.96. The first-order valence-electron chi connectivity index (χ1n) is 6.07. The Bertz CT molecular complexity index is 565. The Morgan fingerprint density at radius 2 is 2.20 bits per heavy atom. The quantitative estimate of drug-likeness (QED) is 0.514. The van der Waals surface area contributed by atoms with Crippen molar-refractivity contribution in [1.82, 2.24) is 14.9 Å². The Morgan fingerprint density at radius 3 is 2.80 bits per heavy atom. The zero-order chi connectivity index (χ0) is 14.9. The normalized spacial score (nSPS) is 19.1. The fraction of sp³-hybridized carbons (Fsp3) is 0.545. The number of carbonyl (C=O) groups is 1. The second kappa shape index (κ2) is 5.58. The van der Waals surface area contributed by atoms with E-state index >= 15 is 0 Å². The molecule has 2 rings (SSSR count). The second-order valence-electron chi connectivity index (χ2n) is 4.69. The topological polar surface area (TPSA) is 101 Å². The van der Waals surface area contributed by atoms with Gasteiger partial charge in [0.25, 0.3) is 0 Å². The van der Waals surface area contributed by atoms with Gasteiger partial charge in [0.1, 0.15) is 5.69 Å². The first kappa shape index (κ1) is 14.4. The van der Waals surface area contributed by atoms with E-state index in [9.17, 15) is 14.9 Å². The number of hydrogen-bond donors (Lipinski definition) is 1. The molecule has 108 valence electrons. The molecule has 1 saturated heterocycles. The van der Waals surface area contributed by atoms with E-state index in [0.29, 0.717) is 19.4 Å². The number of rotatable bonds is 3. The fourth-order valence-corrected chi connectivity index (χ4v) is 2.39. The van der Waals surface area contributed by atoms with Crippen LogP contribution in [0, 0.1) is 17.0 Å². The van der Waals surface area contributed by atoms with E-state index in [4.69, 9.17) is 11.6 Å². The summed E-state index contributed by atoms with van der Waals surface area (Å²) in [5, 5.41) is 14.0. The van der Waals surface area contributed by atoms with Gasteiger partial charge in [-0.1, -0.05) is 0 Å². The van der Waals surface area contributed by atoms with Gasteiger partial charge < -0.3 is 10.2 Å². The lowest BCUT2D eigenvalue weighted by Crippen LogP contribution is -2.43. The van der Waals surface area contributed by atoms with Crippen molar-refractivity contribution in [1.29, 1.82) is 0 Å². The highest BCUT2D eigenvalue weighted by molar-refractivity contribution is 6.28. The molecule has 1 aliphatic rings. The number of nitrogens with zero attached hydrogens (tertiary/aromatic N) is 4. The number of piperidine rings is 1. The standard InChI is InChI=1S/C11H14ClN5O3/c1-6-9(17(19)20)10(15-11(12)13-6)14-7-3-4-8(18)16(2)5-7/h7H,3-5H2,1-2H3,(H,13,14,15). The van der Waals surface area contributed by atoms with Crippen LogP contribution in [0.25, 0.3) is 0 Å². The second-order valence-corrected chi connectivity index (χ2v) is 5.02. The molecular weight excluding hydrogens is 286 g/mol. The van der Waals surface area contributed by atoms with Crippen molar-refractivity contribution in [2.45, 2.75) is 25.8 Å². The number of nitro groups is 1. The van der Waals surface area contributed by atoms with Crippen LogP contribution >= 0.6 is 11.6 Å². The number of nitrogens with one attached hydrogen (secondary N) is 1. The van der Waals surface area contributed by atoms with Crippen LogP contribution in [0.1, 0.15) is 18.5 Å². The molecule has 8 nitrogen and oxygen atoms in total. The summed E-state index contributed by atoms with van der Waals surface area (Å²) in [5.41, 5.74) is 0.0201. The van der Waals surface area contributed by atoms with Crippen molar-refractivity contribution < 1.29 is 9.72 Å². The summed E-state index contributed by atoms with van der Waals surface area (Å²) in [7, 11) is 1.70. The molecule has 1 aromatic rings. The van der Waals surface area contributed by atoms with Crippen molar-refractivity contribution in [2.24, 2.45) is 0 Å². The lowest BCUT2D eigenvalue weighted by molar-refractivity contribution is -0.385. The molecule has 0 aliphatic carbocycles. The van der Waals surface area contributed by atoms with Gasteiger partial charge in [-0.05, 0) is 24.9 Å². The number of likely N-dealkylation sites (N-methyl/N-ethyl adjacent to an activating group) is 1. The van der Waals surface area contributed by atoms with Crippen molar-refractivity contribution in [3.63, 3.8) is 0 Å². The Balaban J connectivity index is 2.25. The minimum Gasteiger partial charge on any atom is -0.360 e. The van der Waals surface area contributed by atoms with Crippen LogP contribution in [0.3, 0.4) is 0 Å². The van der Waals surface area contributed by atoms with Gasteiger partial charge in [-0.15, -0.1) is 0 Å². The van der Waals surface area contributed by atoms with Crippen molar-refractivity contribution in [2.75, 3.05) is 18.9 Å². The molecule has 1 atom stereocenters. The summed E-state index contributed by atoms with van der Waals surface area (Å²) in [6, 6.07) is -0.0956. The van der Waals surface area contributed by atoms with E-state index in [1.807, 2.05) is 0 Å². The van der Waals surface area contributed by atoms with E-state index in [0.717, 1.165) is 0 Å². The lowest BCUT2D eigenvalue weighted by atomic mass is 10.1. The average Bonchev–Trinajstić information content (AvgIpc) is 2.32. The molecule has 0 radical (unpaired) electrons. The number of carbonyl (C=O) groups excluding carboxylic acids is 1. The van der Waals surface area contributed by atoms with Crippen LogP contribution in [-0.2, 0) is 4.79 Å². The number of aromatic nitrogens is 2. The third-order valence-electron chi connectivity index (χ3n) is 3.18. The summed E-state index contributed by atoms with van der Waals surface area (Å²) < 4.78 is 0. The highest BCUT2D eigenvalue weighted by Crippen LogP contribution is 2.28. The van der Waals surface area contributed by atoms with E-state index in [1.54, 1.807) is 11.9 Å². The van der Waals surface area contributed by atoms with E-state index in [-0.39, 0.29) is 34.4 Å². The summed E-state index contributed by atoms with van der Waals surface area (Å²) in [6.07, 6.45) is 1.00. The molecule has 1 N–H and O–H groups in total. The largest absolute Gasteiger partial charge is 0.360 e. The molecule has 1 amide bonds. The van der Waals surface area contributed by atoms with Gasteiger partial charge >= 0.3 is 5.69 Å². The fourth-order valence-electron chi connectivity index (χ4n) is 2.18. The maximum Gasteiger partial charge on any atom is 0.332 e. The predicted molar refractivity (Wildman–Crippen MR) is 72.7 cm³/mol. The predicted octanol–water partition coefficient (Wildman–Crippen LogP) is 1.38. The van der Waals surface area contributed by atoms with Gasteiger partial charge in [0.2, 0.25) is 17.0 Å². The Kier molecular flexibility index (Phi) is 4.03. The van der Waals surface area contributed by atoms with Crippen LogP contribution in [0.15, 0.2) is 0 Å². The average molecular weight is 300 g/mol. The van der Waals surface area contributed by atoms with Crippen LogP contribution in [0.2, 0.25) is 5.28 Å². The van der Waals surface area contributed by atoms with Gasteiger partial charge in [-0.2, -0.15) is 4.98 Å². The van der Waals surface area contributed by atoms with Crippen LogP contribution in [0.5, 0.6) is 0 Å². The maximum atomic E-state index is 11.4.